The van der Waals surface area contributed by atoms with Crippen LogP contribution < -0.4 is 0 Å². The van der Waals surface area contributed by atoms with Crippen LogP contribution >= 0.6 is 11.8 Å². The Labute approximate surface area is 180 Å². The molecule has 0 radical (unpaired) electrons. The smallest absolute Gasteiger partial charge is 0.277 e. The summed E-state index contributed by atoms with van der Waals surface area (Å²) in [6.45, 7) is 5.51. The summed E-state index contributed by atoms with van der Waals surface area (Å²) in [5.41, 5.74) is 1.05. The van der Waals surface area contributed by atoms with Crippen molar-refractivity contribution in [1.82, 2.24) is 30.1 Å². The van der Waals surface area contributed by atoms with E-state index in [1.165, 1.54) is 11.8 Å². The molecule has 4 atom stereocenters. The van der Waals surface area contributed by atoms with Crippen molar-refractivity contribution in [1.29, 1.82) is 0 Å². The normalized spacial score (nSPS) is 26.2. The Balaban J connectivity index is 1.36. The van der Waals surface area contributed by atoms with Crippen molar-refractivity contribution in [3.05, 3.63) is 17.8 Å². The zero-order valence-corrected chi connectivity index (χ0v) is 18.7. The maximum Gasteiger partial charge on any atom is 0.277 e. The van der Waals surface area contributed by atoms with E-state index in [1.807, 2.05) is 9.58 Å². The van der Waals surface area contributed by atoms with Crippen molar-refractivity contribution < 1.29 is 13.9 Å². The molecule has 1 aliphatic heterocycles. The molecule has 0 aromatic carbocycles. The standard InChI is InChI=1S/C20H30N6O3S/c1-4-5-6-16-11-26(24-22-16)17-7-14-9-25(10-15(14)8-18(17)28-3)19(27)12-30-20-23-21-13(2)29-20/h11,14-15,17-18H,4-10,12H2,1-3H3/t14-,15+,17-,18-/m1/s1. The van der Waals surface area contributed by atoms with Gasteiger partial charge in [0.15, 0.2) is 0 Å². The number of aryl methyl sites for hydroxylation is 2. The first-order valence-corrected chi connectivity index (χ1v) is 11.7. The van der Waals surface area contributed by atoms with Crippen molar-refractivity contribution in [3.8, 4) is 0 Å². The molecule has 0 bridgehead atoms. The molecule has 2 aliphatic rings. The molecule has 1 aliphatic carbocycles. The number of methoxy groups -OCH3 is 1. The lowest BCUT2D eigenvalue weighted by Crippen LogP contribution is -2.37. The van der Waals surface area contributed by atoms with Gasteiger partial charge in [0.05, 0.1) is 23.6 Å². The van der Waals surface area contributed by atoms with Crippen LogP contribution in [0.15, 0.2) is 15.8 Å². The van der Waals surface area contributed by atoms with Crippen molar-refractivity contribution >= 4 is 17.7 Å². The minimum absolute atomic E-state index is 0.0952. The number of fused-ring (bicyclic) bond motifs is 1. The Bertz CT molecular complexity index is 855. The fourth-order valence-electron chi connectivity index (χ4n) is 4.62. The summed E-state index contributed by atoms with van der Waals surface area (Å²) in [5.74, 6) is 1.89. The third kappa shape index (κ3) is 4.69. The molecule has 10 heteroatoms. The average molecular weight is 435 g/mol. The van der Waals surface area contributed by atoms with Gasteiger partial charge in [-0.3, -0.25) is 4.79 Å². The molecule has 4 rings (SSSR count). The van der Waals surface area contributed by atoms with Gasteiger partial charge in [-0.15, -0.1) is 15.3 Å². The molecule has 164 valence electrons. The van der Waals surface area contributed by atoms with Crippen LogP contribution in [0.25, 0.3) is 0 Å². The molecule has 3 heterocycles. The fourth-order valence-corrected chi connectivity index (χ4v) is 5.33. The fraction of sp³-hybridized carbons (Fsp3) is 0.750. The van der Waals surface area contributed by atoms with Crippen molar-refractivity contribution in [2.45, 2.75) is 63.3 Å². The predicted octanol–water partition coefficient (Wildman–Crippen LogP) is 2.53. The molecule has 0 unspecified atom stereocenters. The Morgan fingerprint density at radius 2 is 2.07 bits per heavy atom. The van der Waals surface area contributed by atoms with Crippen molar-refractivity contribution in [3.63, 3.8) is 0 Å². The van der Waals surface area contributed by atoms with Crippen LogP contribution in [0.4, 0.5) is 0 Å². The van der Waals surface area contributed by atoms with E-state index in [0.717, 1.165) is 50.9 Å². The average Bonchev–Trinajstić information content (AvgIpc) is 3.48. The third-order valence-corrected chi connectivity index (χ3v) is 7.05. The van der Waals surface area contributed by atoms with Gasteiger partial charge in [-0.2, -0.15) is 0 Å². The molecular weight excluding hydrogens is 404 g/mol. The number of carbonyl (C=O) groups excluding carboxylic acids is 1. The zero-order valence-electron chi connectivity index (χ0n) is 17.9. The number of likely N-dealkylation sites (tertiary alicyclic amines) is 1. The minimum Gasteiger partial charge on any atom is -0.416 e. The monoisotopic (exact) mass is 434 g/mol. The Morgan fingerprint density at radius 3 is 2.77 bits per heavy atom. The highest BCUT2D eigenvalue weighted by Crippen LogP contribution is 2.42. The molecular formula is C20H30N6O3S. The predicted molar refractivity (Wildman–Crippen MR) is 111 cm³/mol. The number of hydrogen-bond donors (Lipinski definition) is 0. The second kappa shape index (κ2) is 9.47. The molecule has 2 aromatic heterocycles. The van der Waals surface area contributed by atoms with Gasteiger partial charge < -0.3 is 14.1 Å². The van der Waals surface area contributed by atoms with Gasteiger partial charge >= 0.3 is 0 Å². The summed E-state index contributed by atoms with van der Waals surface area (Å²) in [7, 11) is 1.77. The SMILES string of the molecule is CCCCc1cn([C@@H]2C[C@@H]3CN(C(=O)CSc4nnc(C)o4)C[C@@H]3C[C@H]2OC)nn1. The molecule has 1 saturated heterocycles. The quantitative estimate of drug-likeness (QED) is 0.585. The van der Waals surface area contributed by atoms with Gasteiger partial charge in [0.25, 0.3) is 5.22 Å². The van der Waals surface area contributed by atoms with Gasteiger partial charge in [-0.05, 0) is 37.5 Å². The minimum atomic E-state index is 0.0952. The summed E-state index contributed by atoms with van der Waals surface area (Å²) in [6, 6.07) is 0.171. The number of unbranched alkanes of at least 4 members (excludes halogenated alkanes) is 1. The maximum atomic E-state index is 12.7. The van der Waals surface area contributed by atoms with E-state index >= 15 is 0 Å². The number of nitrogens with zero attached hydrogens (tertiary/aromatic N) is 6. The second-order valence-electron chi connectivity index (χ2n) is 8.30. The molecule has 9 nitrogen and oxygen atoms in total. The first kappa shape index (κ1) is 21.3. The molecule has 0 spiro atoms. The molecule has 30 heavy (non-hydrogen) atoms. The summed E-state index contributed by atoms with van der Waals surface area (Å²) in [4.78, 5) is 14.7. The summed E-state index contributed by atoms with van der Waals surface area (Å²) in [6.07, 6.45) is 7.31. The molecule has 1 saturated carbocycles. The molecule has 1 amide bonds. The van der Waals surface area contributed by atoms with Crippen LogP contribution in [-0.4, -0.2) is 68.1 Å². The Kier molecular flexibility index (Phi) is 6.72. The van der Waals surface area contributed by atoms with Gasteiger partial charge in [0.2, 0.25) is 11.8 Å². The van der Waals surface area contributed by atoms with Gasteiger partial charge in [-0.25, -0.2) is 4.68 Å². The van der Waals surface area contributed by atoms with E-state index in [2.05, 4.69) is 33.6 Å². The third-order valence-electron chi connectivity index (χ3n) is 6.25. The number of amides is 1. The zero-order chi connectivity index (χ0) is 21.1. The van der Waals surface area contributed by atoms with Gasteiger partial charge in [0.1, 0.15) is 0 Å². The van der Waals surface area contributed by atoms with E-state index < -0.39 is 0 Å². The van der Waals surface area contributed by atoms with Crippen LogP contribution in [0.3, 0.4) is 0 Å². The number of carbonyl (C=O) groups is 1. The lowest BCUT2D eigenvalue weighted by Gasteiger charge is -2.36. The van der Waals surface area contributed by atoms with E-state index in [-0.39, 0.29) is 18.1 Å². The van der Waals surface area contributed by atoms with Crippen LogP contribution in [-0.2, 0) is 16.0 Å². The maximum absolute atomic E-state index is 12.7. The lowest BCUT2D eigenvalue weighted by molar-refractivity contribution is -0.127. The number of ether oxygens (including phenoxy) is 1. The van der Waals surface area contributed by atoms with Gasteiger partial charge in [0, 0.05) is 33.3 Å². The number of thioether (sulfide) groups is 1. The Hall–Kier alpha value is -1.94. The highest BCUT2D eigenvalue weighted by Gasteiger charge is 2.44. The first-order valence-electron chi connectivity index (χ1n) is 10.7. The molecule has 2 aromatic rings. The second-order valence-corrected chi connectivity index (χ2v) is 9.23. The Morgan fingerprint density at radius 1 is 1.27 bits per heavy atom. The van der Waals surface area contributed by atoms with Crippen LogP contribution in [0, 0.1) is 18.8 Å². The topological polar surface area (TPSA) is 99.2 Å². The van der Waals surface area contributed by atoms with Gasteiger partial charge in [-0.1, -0.05) is 30.3 Å². The van der Waals surface area contributed by atoms with Crippen LogP contribution in [0.2, 0.25) is 0 Å². The van der Waals surface area contributed by atoms with Crippen molar-refractivity contribution in [2.75, 3.05) is 26.0 Å². The molecule has 2 fully saturated rings. The van der Waals surface area contributed by atoms with Crippen LogP contribution in [0.5, 0.6) is 0 Å². The van der Waals surface area contributed by atoms with E-state index in [0.29, 0.717) is 28.7 Å². The van der Waals surface area contributed by atoms with E-state index in [4.69, 9.17) is 9.15 Å². The van der Waals surface area contributed by atoms with E-state index in [9.17, 15) is 4.79 Å². The number of aromatic nitrogens is 5. The van der Waals surface area contributed by atoms with Crippen LogP contribution in [0.1, 0.15) is 50.2 Å². The summed E-state index contributed by atoms with van der Waals surface area (Å²) >= 11 is 1.30. The van der Waals surface area contributed by atoms with Crippen molar-refractivity contribution in [2.24, 2.45) is 11.8 Å². The summed E-state index contributed by atoms with van der Waals surface area (Å²) in [5, 5.41) is 17.0. The van der Waals surface area contributed by atoms with E-state index in [1.54, 1.807) is 14.0 Å². The highest BCUT2D eigenvalue weighted by atomic mass is 32.2. The number of hydrogen-bond acceptors (Lipinski definition) is 8. The summed E-state index contributed by atoms with van der Waals surface area (Å²) < 4.78 is 13.2. The molecule has 0 N–H and O–H groups in total. The highest BCUT2D eigenvalue weighted by molar-refractivity contribution is 7.99. The largest absolute Gasteiger partial charge is 0.416 e. The number of rotatable bonds is 8. The first-order chi connectivity index (χ1) is 14.6. The lowest BCUT2D eigenvalue weighted by atomic mass is 9.77.